The number of nitro benzene ring substituents is 1. The van der Waals surface area contributed by atoms with E-state index in [9.17, 15) is 14.9 Å². The van der Waals surface area contributed by atoms with Crippen molar-refractivity contribution < 1.29 is 9.72 Å². The predicted molar refractivity (Wildman–Crippen MR) is 75.0 cm³/mol. The van der Waals surface area contributed by atoms with E-state index in [0.29, 0.717) is 10.6 Å². The maximum atomic E-state index is 12.0. The van der Waals surface area contributed by atoms with Crippen molar-refractivity contribution in [2.75, 3.05) is 5.32 Å². The van der Waals surface area contributed by atoms with Crippen molar-refractivity contribution in [1.29, 1.82) is 0 Å². The molecule has 7 heteroatoms. The van der Waals surface area contributed by atoms with Gasteiger partial charge in [0, 0.05) is 28.4 Å². The number of hydrogen-bond acceptors (Lipinski definition) is 4. The van der Waals surface area contributed by atoms with Gasteiger partial charge in [-0.25, -0.2) is 4.98 Å². The molecule has 1 aromatic heterocycles. The Morgan fingerprint density at radius 3 is 2.75 bits per heavy atom. The van der Waals surface area contributed by atoms with E-state index in [2.05, 4.69) is 10.3 Å². The maximum Gasteiger partial charge on any atom is 0.273 e. The Kier molecular flexibility index (Phi) is 3.95. The van der Waals surface area contributed by atoms with Gasteiger partial charge in [-0.1, -0.05) is 17.7 Å². The van der Waals surface area contributed by atoms with Crippen molar-refractivity contribution >= 4 is 29.0 Å². The zero-order chi connectivity index (χ0) is 14.7. The number of amides is 1. The zero-order valence-corrected chi connectivity index (χ0v) is 11.2. The first-order valence-corrected chi connectivity index (χ1v) is 6.03. The number of aromatic nitrogens is 1. The lowest BCUT2D eigenvalue weighted by Gasteiger charge is -2.05. The number of aryl methyl sites for hydroxylation is 1. The van der Waals surface area contributed by atoms with Gasteiger partial charge in [0.05, 0.1) is 4.92 Å². The molecular formula is C13H10ClN3O3. The molecule has 0 aliphatic heterocycles. The fourth-order valence-electron chi connectivity index (χ4n) is 1.61. The molecule has 0 fully saturated rings. The van der Waals surface area contributed by atoms with Crippen molar-refractivity contribution in [2.45, 2.75) is 6.92 Å². The smallest absolute Gasteiger partial charge is 0.273 e. The third-order valence-electron chi connectivity index (χ3n) is 2.63. The number of benzene rings is 1. The first-order chi connectivity index (χ1) is 9.47. The van der Waals surface area contributed by atoms with Crippen LogP contribution in [0, 0.1) is 17.0 Å². The highest BCUT2D eigenvalue weighted by Gasteiger charge is 2.15. The average molecular weight is 292 g/mol. The van der Waals surface area contributed by atoms with E-state index in [1.54, 1.807) is 13.0 Å². The highest BCUT2D eigenvalue weighted by atomic mass is 35.5. The average Bonchev–Trinajstić information content (AvgIpc) is 2.38. The summed E-state index contributed by atoms with van der Waals surface area (Å²) >= 11 is 5.78. The summed E-state index contributed by atoms with van der Waals surface area (Å²) in [7, 11) is 0. The number of anilines is 1. The Bertz CT molecular complexity index is 688. The molecule has 0 aliphatic carbocycles. The Morgan fingerprint density at radius 2 is 2.10 bits per heavy atom. The Hall–Kier alpha value is -2.47. The molecule has 102 valence electrons. The van der Waals surface area contributed by atoms with Gasteiger partial charge in [0.25, 0.3) is 11.6 Å². The molecule has 0 unspecified atom stereocenters. The molecular weight excluding hydrogens is 282 g/mol. The van der Waals surface area contributed by atoms with Gasteiger partial charge in [-0.3, -0.25) is 14.9 Å². The zero-order valence-electron chi connectivity index (χ0n) is 10.5. The van der Waals surface area contributed by atoms with Gasteiger partial charge >= 0.3 is 0 Å². The fraction of sp³-hybridized carbons (Fsp3) is 0.0769. The number of carbonyl (C=O) groups excluding carboxylic acids is 1. The summed E-state index contributed by atoms with van der Waals surface area (Å²) in [5.74, 6) is -0.200. The van der Waals surface area contributed by atoms with Crippen molar-refractivity contribution in [2.24, 2.45) is 0 Å². The van der Waals surface area contributed by atoms with Crippen molar-refractivity contribution in [3.63, 3.8) is 0 Å². The maximum absolute atomic E-state index is 12.0. The molecule has 0 atom stereocenters. The Labute approximate surface area is 119 Å². The number of hydrogen-bond donors (Lipinski definition) is 1. The van der Waals surface area contributed by atoms with Crippen LogP contribution < -0.4 is 5.32 Å². The van der Waals surface area contributed by atoms with Crippen LogP contribution in [-0.2, 0) is 0 Å². The van der Waals surface area contributed by atoms with Crippen LogP contribution in [0.3, 0.4) is 0 Å². The molecule has 6 nitrogen and oxygen atoms in total. The standard InChI is InChI=1S/C13H10ClN3O3/c1-8-2-3-9(6-11(8)17(19)20)13(18)16-12-7-10(14)4-5-15-12/h2-7H,1H3,(H,15,16,18). The van der Waals surface area contributed by atoms with Gasteiger partial charge in [0.1, 0.15) is 5.82 Å². The van der Waals surface area contributed by atoms with Crippen LogP contribution in [0.25, 0.3) is 0 Å². The Balaban J connectivity index is 2.26. The molecule has 20 heavy (non-hydrogen) atoms. The molecule has 0 aliphatic rings. The number of nitrogens with zero attached hydrogens (tertiary/aromatic N) is 2. The lowest BCUT2D eigenvalue weighted by molar-refractivity contribution is -0.385. The molecule has 2 aromatic rings. The molecule has 1 aromatic carbocycles. The molecule has 0 saturated carbocycles. The molecule has 1 N–H and O–H groups in total. The summed E-state index contributed by atoms with van der Waals surface area (Å²) in [6.07, 6.45) is 1.45. The van der Waals surface area contributed by atoms with E-state index in [0.717, 1.165) is 0 Å². The van der Waals surface area contributed by atoms with E-state index in [1.165, 1.54) is 30.5 Å². The monoisotopic (exact) mass is 291 g/mol. The minimum Gasteiger partial charge on any atom is -0.307 e. The third-order valence-corrected chi connectivity index (χ3v) is 2.87. The largest absolute Gasteiger partial charge is 0.307 e. The van der Waals surface area contributed by atoms with Gasteiger partial charge in [-0.05, 0) is 25.1 Å². The van der Waals surface area contributed by atoms with Crippen LogP contribution in [-0.4, -0.2) is 15.8 Å². The number of pyridine rings is 1. The highest BCUT2D eigenvalue weighted by Crippen LogP contribution is 2.20. The van der Waals surface area contributed by atoms with E-state index in [1.807, 2.05) is 0 Å². The molecule has 1 heterocycles. The molecule has 0 spiro atoms. The predicted octanol–water partition coefficient (Wildman–Crippen LogP) is 3.20. The highest BCUT2D eigenvalue weighted by molar-refractivity contribution is 6.30. The lowest BCUT2D eigenvalue weighted by Crippen LogP contribution is -2.13. The summed E-state index contributed by atoms with van der Waals surface area (Å²) in [4.78, 5) is 26.2. The lowest BCUT2D eigenvalue weighted by atomic mass is 10.1. The summed E-state index contributed by atoms with van der Waals surface area (Å²) in [6, 6.07) is 7.34. The topological polar surface area (TPSA) is 85.1 Å². The minimum atomic E-state index is -0.524. The van der Waals surface area contributed by atoms with Crippen molar-refractivity contribution in [3.8, 4) is 0 Å². The third kappa shape index (κ3) is 3.10. The normalized spacial score (nSPS) is 10.1. The molecule has 0 bridgehead atoms. The van der Waals surface area contributed by atoms with Crippen LogP contribution >= 0.6 is 11.6 Å². The SMILES string of the molecule is Cc1ccc(C(=O)Nc2cc(Cl)ccn2)cc1[N+](=O)[O-]. The number of nitro groups is 1. The van der Waals surface area contributed by atoms with Crippen LogP contribution in [0.1, 0.15) is 15.9 Å². The van der Waals surface area contributed by atoms with Crippen LogP contribution in [0.4, 0.5) is 11.5 Å². The van der Waals surface area contributed by atoms with Gasteiger partial charge in [-0.15, -0.1) is 0 Å². The van der Waals surface area contributed by atoms with E-state index in [4.69, 9.17) is 11.6 Å². The number of nitrogens with one attached hydrogen (secondary N) is 1. The van der Waals surface area contributed by atoms with Crippen molar-refractivity contribution in [1.82, 2.24) is 4.98 Å². The molecule has 0 radical (unpaired) electrons. The molecule has 1 amide bonds. The second kappa shape index (κ2) is 5.66. The summed E-state index contributed by atoms with van der Waals surface area (Å²) in [6.45, 7) is 1.61. The Morgan fingerprint density at radius 1 is 1.35 bits per heavy atom. The quantitative estimate of drug-likeness (QED) is 0.695. The summed E-state index contributed by atoms with van der Waals surface area (Å²) in [5.41, 5.74) is 0.577. The van der Waals surface area contributed by atoms with Gasteiger partial charge in [0.2, 0.25) is 0 Å². The minimum absolute atomic E-state index is 0.100. The van der Waals surface area contributed by atoms with Gasteiger partial charge < -0.3 is 5.32 Å². The van der Waals surface area contributed by atoms with Gasteiger partial charge in [-0.2, -0.15) is 0 Å². The van der Waals surface area contributed by atoms with E-state index >= 15 is 0 Å². The second-order valence-corrected chi connectivity index (χ2v) is 4.51. The second-order valence-electron chi connectivity index (χ2n) is 4.07. The number of halogens is 1. The number of carbonyl (C=O) groups is 1. The van der Waals surface area contributed by atoms with Crippen LogP contribution in [0.5, 0.6) is 0 Å². The number of rotatable bonds is 3. The molecule has 0 saturated heterocycles. The summed E-state index contributed by atoms with van der Waals surface area (Å²) < 4.78 is 0. The first-order valence-electron chi connectivity index (χ1n) is 5.65. The van der Waals surface area contributed by atoms with E-state index < -0.39 is 10.8 Å². The van der Waals surface area contributed by atoms with Crippen LogP contribution in [0.2, 0.25) is 5.02 Å². The summed E-state index contributed by atoms with van der Waals surface area (Å²) in [5, 5.41) is 13.8. The first kappa shape index (κ1) is 14.0. The van der Waals surface area contributed by atoms with Crippen LogP contribution in [0.15, 0.2) is 36.5 Å². The van der Waals surface area contributed by atoms with Gasteiger partial charge in [0.15, 0.2) is 0 Å². The van der Waals surface area contributed by atoms with Crippen molar-refractivity contribution in [3.05, 3.63) is 62.8 Å². The van der Waals surface area contributed by atoms with E-state index in [-0.39, 0.29) is 17.1 Å². The fourth-order valence-corrected chi connectivity index (χ4v) is 1.77. The molecule has 2 rings (SSSR count).